The van der Waals surface area contributed by atoms with Gasteiger partial charge in [-0.1, -0.05) is 279 Å². The van der Waals surface area contributed by atoms with Crippen LogP contribution in [0.1, 0.15) is 44.5 Å². The zero-order chi connectivity index (χ0) is 57.4. The molecule has 0 spiro atoms. The summed E-state index contributed by atoms with van der Waals surface area (Å²) in [6, 6.07) is 116. The van der Waals surface area contributed by atoms with Gasteiger partial charge in [-0.25, -0.2) is 0 Å². The summed E-state index contributed by atoms with van der Waals surface area (Å²) in [7, 11) is 0. The predicted octanol–water partition coefficient (Wildman–Crippen LogP) is 22.2. The maximum Gasteiger partial charge on any atom is 0.0713 e. The lowest BCUT2D eigenvalue weighted by molar-refractivity contribution is 0.769. The van der Waals surface area contributed by atoms with E-state index in [1.54, 1.807) is 0 Å². The van der Waals surface area contributed by atoms with E-state index in [0.29, 0.717) is 0 Å². The minimum Gasteiger partial charge on any atom is -0.309 e. The number of hydrogen-bond donors (Lipinski definition) is 0. The van der Waals surface area contributed by atoms with Gasteiger partial charge in [0.25, 0.3) is 0 Å². The molecule has 17 rings (SSSR count). The lowest BCUT2D eigenvalue weighted by Gasteiger charge is -2.34. The maximum atomic E-state index is 2.46. The molecule has 0 bridgehead atoms. The Morgan fingerprint density at radius 3 is 1.02 bits per heavy atom. The van der Waals surface area contributed by atoms with Gasteiger partial charge in [-0.05, 0) is 149 Å². The van der Waals surface area contributed by atoms with Gasteiger partial charge in [0, 0.05) is 32.3 Å². The molecule has 0 fully saturated rings. The minimum atomic E-state index is -0.560. The van der Waals surface area contributed by atoms with Gasteiger partial charge in [-0.3, -0.25) is 0 Å². The first-order chi connectivity index (χ1) is 43.1. The molecule has 0 atom stereocenters. The van der Waals surface area contributed by atoms with E-state index in [0.717, 1.165) is 11.1 Å². The van der Waals surface area contributed by atoms with Gasteiger partial charge < -0.3 is 9.13 Å². The summed E-state index contributed by atoms with van der Waals surface area (Å²) in [6.45, 7) is 0. The summed E-state index contributed by atoms with van der Waals surface area (Å²) in [6.07, 6.45) is 8.96. The van der Waals surface area contributed by atoms with Gasteiger partial charge in [-0.2, -0.15) is 0 Å². The Hall–Kier alpha value is -11.3. The van der Waals surface area contributed by atoms with Crippen molar-refractivity contribution in [1.82, 2.24) is 9.13 Å². The van der Waals surface area contributed by atoms with Crippen molar-refractivity contribution in [3.05, 3.63) is 360 Å². The summed E-state index contributed by atoms with van der Waals surface area (Å²) >= 11 is 0. The average Bonchev–Trinajstić information content (AvgIpc) is 1.60. The van der Waals surface area contributed by atoms with Crippen LogP contribution in [0.4, 0.5) is 0 Å². The molecule has 0 aliphatic heterocycles. The molecule has 2 aromatic heterocycles. The van der Waals surface area contributed by atoms with Crippen molar-refractivity contribution in [3.63, 3.8) is 0 Å². The third-order valence-corrected chi connectivity index (χ3v) is 18.4. The maximum absolute atomic E-state index is 2.46. The van der Waals surface area contributed by atoms with Crippen LogP contribution in [0, 0.1) is 0 Å². The van der Waals surface area contributed by atoms with E-state index in [1.165, 1.54) is 143 Å². The summed E-state index contributed by atoms with van der Waals surface area (Å²) in [5.74, 6) is 0. The van der Waals surface area contributed by atoms with Crippen molar-refractivity contribution in [2.45, 2.75) is 5.41 Å². The number of fused-ring (bicyclic) bond motifs is 11. The van der Waals surface area contributed by atoms with Crippen molar-refractivity contribution in [1.29, 1.82) is 0 Å². The van der Waals surface area contributed by atoms with Gasteiger partial charge in [-0.15, -0.1) is 0 Å². The molecule has 14 aromatic carbocycles. The van der Waals surface area contributed by atoms with Crippen LogP contribution in [0.25, 0.3) is 134 Å². The molecule has 406 valence electrons. The summed E-state index contributed by atoms with van der Waals surface area (Å²) < 4.78 is 4.85. The van der Waals surface area contributed by atoms with E-state index in [2.05, 4.69) is 349 Å². The monoisotopic (exact) mass is 1100 g/mol. The largest absolute Gasteiger partial charge is 0.309 e. The quantitative estimate of drug-likeness (QED) is 0.121. The zero-order valence-corrected chi connectivity index (χ0v) is 47.7. The van der Waals surface area contributed by atoms with Gasteiger partial charge in [0.15, 0.2) is 0 Å². The Kier molecular flexibility index (Phi) is 11.8. The van der Waals surface area contributed by atoms with Crippen LogP contribution in [0.3, 0.4) is 0 Å². The fourth-order valence-corrected chi connectivity index (χ4v) is 14.3. The molecule has 2 heteroatoms. The molecule has 1 aliphatic carbocycles. The van der Waals surface area contributed by atoms with E-state index in [1.807, 2.05) is 0 Å². The summed E-state index contributed by atoms with van der Waals surface area (Å²) in [5.41, 5.74) is 23.7. The zero-order valence-electron chi connectivity index (χ0n) is 47.7. The minimum absolute atomic E-state index is 0.560. The molecular weight excluding hydrogens is 1050 g/mol. The molecular formula is C85H56N2. The van der Waals surface area contributed by atoms with Crippen molar-refractivity contribution in [2.24, 2.45) is 0 Å². The van der Waals surface area contributed by atoms with Crippen LogP contribution in [-0.4, -0.2) is 9.13 Å². The number of benzene rings is 14. The average molecular weight is 1110 g/mol. The van der Waals surface area contributed by atoms with E-state index in [9.17, 15) is 0 Å². The van der Waals surface area contributed by atoms with E-state index in [-0.39, 0.29) is 0 Å². The van der Waals surface area contributed by atoms with Crippen molar-refractivity contribution < 1.29 is 0 Å². The lowest BCUT2D eigenvalue weighted by Crippen LogP contribution is -2.28. The number of aromatic nitrogens is 2. The molecule has 0 unspecified atom stereocenters. The third-order valence-electron chi connectivity index (χ3n) is 18.4. The highest BCUT2D eigenvalue weighted by atomic mass is 15.0. The van der Waals surface area contributed by atoms with Crippen LogP contribution in [0.5, 0.6) is 0 Å². The van der Waals surface area contributed by atoms with E-state index in [4.69, 9.17) is 0 Å². The standard InChI is InChI=1S/C85H56N2/c1-3-21-67(22-4-1)85(68-23-5-2-6-24-68)77-55-65(61-43-37-57(38-44-61)33-35-59-41-51-83-75(53-59)73-27-11-13-29-81(73)86(83)79-31-15-19-63-17-7-9-25-69(63)79)47-49-71(77)72-50-48-66(56-78(72)85)62-45-39-58(40-46-62)34-36-60-42-52-84-76(54-60)74-28-12-14-30-82(74)87(84)80-32-16-20-64-18-8-10-26-70(64)80/h1-56H. The molecule has 0 N–H and O–H groups in total. The number of para-hydroxylation sites is 2. The SMILES string of the molecule is C(=Cc1ccc2c(c1)c1ccccc1n2-c1cccc2ccccc12)c1ccc(-c2ccc3c(c2)C(c2ccccc2)(c2ccccc2)c2cc(-c4ccc(C=Cc5ccc6c(c5)c5ccccc5n6-c5cccc6ccccc56)cc4)ccc2-3)cc1. The molecule has 0 amide bonds. The smallest absolute Gasteiger partial charge is 0.0713 e. The summed E-state index contributed by atoms with van der Waals surface area (Å²) in [4.78, 5) is 0. The first kappa shape index (κ1) is 50.2. The first-order valence-corrected chi connectivity index (χ1v) is 30.1. The fourth-order valence-electron chi connectivity index (χ4n) is 14.3. The van der Waals surface area contributed by atoms with Crippen molar-refractivity contribution in [3.8, 4) is 44.8 Å². The second-order valence-electron chi connectivity index (χ2n) is 23.2. The van der Waals surface area contributed by atoms with E-state index >= 15 is 0 Å². The topological polar surface area (TPSA) is 9.86 Å². The van der Waals surface area contributed by atoms with Crippen LogP contribution >= 0.6 is 0 Å². The second kappa shape index (κ2) is 20.5. The van der Waals surface area contributed by atoms with Crippen molar-refractivity contribution >= 4 is 89.5 Å². The van der Waals surface area contributed by atoms with Crippen LogP contribution in [0.15, 0.2) is 315 Å². The highest BCUT2D eigenvalue weighted by Gasteiger charge is 2.46. The van der Waals surface area contributed by atoms with Gasteiger partial charge in [0.05, 0.1) is 38.9 Å². The molecule has 0 radical (unpaired) electrons. The second-order valence-corrected chi connectivity index (χ2v) is 23.2. The molecule has 1 aliphatic rings. The van der Waals surface area contributed by atoms with Gasteiger partial charge >= 0.3 is 0 Å². The predicted molar refractivity (Wildman–Crippen MR) is 369 cm³/mol. The van der Waals surface area contributed by atoms with Crippen molar-refractivity contribution in [2.75, 3.05) is 0 Å². The normalized spacial score (nSPS) is 12.8. The van der Waals surface area contributed by atoms with Crippen LogP contribution in [-0.2, 0) is 5.41 Å². The molecule has 2 heterocycles. The fraction of sp³-hybridized carbons (Fsp3) is 0.0118. The molecule has 0 saturated heterocycles. The highest BCUT2D eigenvalue weighted by molar-refractivity contribution is 6.13. The number of nitrogens with zero attached hydrogens (tertiary/aromatic N) is 2. The van der Waals surface area contributed by atoms with Crippen LogP contribution in [0.2, 0.25) is 0 Å². The molecule has 2 nitrogen and oxygen atoms in total. The van der Waals surface area contributed by atoms with Gasteiger partial charge in [0.1, 0.15) is 0 Å². The number of rotatable bonds is 10. The Morgan fingerprint density at radius 1 is 0.230 bits per heavy atom. The van der Waals surface area contributed by atoms with E-state index < -0.39 is 5.41 Å². The lowest BCUT2D eigenvalue weighted by atomic mass is 9.67. The molecule has 87 heavy (non-hydrogen) atoms. The molecule has 16 aromatic rings. The Morgan fingerprint density at radius 2 is 0.575 bits per heavy atom. The van der Waals surface area contributed by atoms with Crippen LogP contribution < -0.4 is 0 Å². The highest BCUT2D eigenvalue weighted by Crippen LogP contribution is 2.57. The Bertz CT molecular complexity index is 5070. The first-order valence-electron chi connectivity index (χ1n) is 30.1. The summed E-state index contributed by atoms with van der Waals surface area (Å²) in [5, 5.41) is 9.96. The number of hydrogen-bond acceptors (Lipinski definition) is 0. The Labute approximate surface area is 505 Å². The Balaban J connectivity index is 0.680. The molecule has 0 saturated carbocycles. The van der Waals surface area contributed by atoms with Gasteiger partial charge in [0.2, 0.25) is 0 Å². The third kappa shape index (κ3) is 8.25.